The predicted octanol–water partition coefficient (Wildman–Crippen LogP) is 5.56. The van der Waals surface area contributed by atoms with Crippen LogP contribution in [0, 0.1) is 17.8 Å². The lowest BCUT2D eigenvalue weighted by Crippen LogP contribution is -2.53. The zero-order valence-electron chi connectivity index (χ0n) is 25.5. The fraction of sp³-hybridized carbons (Fsp3) is 0.333. The number of methoxy groups -OCH3 is 1. The van der Waals surface area contributed by atoms with Crippen LogP contribution >= 0.6 is 0 Å². The Morgan fingerprint density at radius 3 is 2.85 bits per heavy atom. The van der Waals surface area contributed by atoms with E-state index in [9.17, 15) is 4.79 Å². The number of amides is 1. The van der Waals surface area contributed by atoms with Gasteiger partial charge in [0.2, 0.25) is 0 Å². The van der Waals surface area contributed by atoms with Gasteiger partial charge in [0.25, 0.3) is 5.91 Å². The van der Waals surface area contributed by atoms with E-state index in [0.717, 1.165) is 76.0 Å². The summed E-state index contributed by atoms with van der Waals surface area (Å²) in [5.74, 6) is 4.51. The SMILES string of the molecule is COc1cc(C(=O)N2CC3CC4CC2[C@H]43)cc2nc3n(c12)Cc1ccn(n1)-c1ccccc1OCCCn1c-3cc2cccnc21. The number of carbonyl (C=O) groups excluding carboxylic acids is 1. The third-order valence-electron chi connectivity index (χ3n) is 10.8. The van der Waals surface area contributed by atoms with Crippen molar-refractivity contribution in [2.45, 2.75) is 38.4 Å². The first-order chi connectivity index (χ1) is 22.6. The molecular weight excluding hydrogens is 578 g/mol. The van der Waals surface area contributed by atoms with Gasteiger partial charge in [-0.3, -0.25) is 4.79 Å². The summed E-state index contributed by atoms with van der Waals surface area (Å²) in [6.07, 6.45) is 7.00. The number of pyridine rings is 1. The van der Waals surface area contributed by atoms with Crippen molar-refractivity contribution in [1.82, 2.24) is 33.8 Å². The number of likely N-dealkylation sites (tertiary alicyclic amines) is 1. The third-order valence-corrected chi connectivity index (χ3v) is 10.8. The summed E-state index contributed by atoms with van der Waals surface area (Å²) in [4.78, 5) is 26.2. The van der Waals surface area contributed by atoms with Gasteiger partial charge in [-0.15, -0.1) is 0 Å². The number of imidazole rings is 1. The molecule has 6 aromatic rings. The topological polar surface area (TPSA) is 92.2 Å². The highest BCUT2D eigenvalue weighted by atomic mass is 16.5. The minimum absolute atomic E-state index is 0.0864. The summed E-state index contributed by atoms with van der Waals surface area (Å²) >= 11 is 0. The fourth-order valence-electron chi connectivity index (χ4n) is 8.64. The first-order valence-electron chi connectivity index (χ1n) is 16.3. The monoisotopic (exact) mass is 611 g/mol. The van der Waals surface area contributed by atoms with Crippen LogP contribution in [0.1, 0.15) is 35.3 Å². The highest BCUT2D eigenvalue weighted by Crippen LogP contribution is 2.60. The third kappa shape index (κ3) is 3.69. The molecule has 4 aliphatic rings. The number of carbonyl (C=O) groups is 1. The molecule has 10 heteroatoms. The van der Waals surface area contributed by atoms with Gasteiger partial charge in [0.05, 0.1) is 37.2 Å². The van der Waals surface area contributed by atoms with E-state index >= 15 is 0 Å². The normalized spacial score (nSPS) is 22.9. The summed E-state index contributed by atoms with van der Waals surface area (Å²) in [5.41, 5.74) is 5.82. The van der Waals surface area contributed by atoms with Crippen molar-refractivity contribution in [2.75, 3.05) is 20.3 Å². The molecule has 0 N–H and O–H groups in total. The molecule has 4 atom stereocenters. The molecule has 3 unspecified atom stereocenters. The summed E-state index contributed by atoms with van der Waals surface area (Å²) in [6.45, 7) is 2.56. The maximum Gasteiger partial charge on any atom is 0.254 e. The molecule has 1 saturated heterocycles. The van der Waals surface area contributed by atoms with Crippen molar-refractivity contribution in [3.05, 3.63) is 84.3 Å². The number of benzene rings is 2. The lowest BCUT2D eigenvalue weighted by Gasteiger charge is -2.52. The van der Waals surface area contributed by atoms with E-state index in [0.29, 0.717) is 48.9 Å². The summed E-state index contributed by atoms with van der Waals surface area (Å²) in [6, 6.07) is 20.5. The second-order valence-corrected chi connectivity index (χ2v) is 13.2. The number of aryl methyl sites for hydroxylation is 1. The van der Waals surface area contributed by atoms with Crippen molar-refractivity contribution in [3.8, 4) is 28.7 Å². The van der Waals surface area contributed by atoms with E-state index in [1.165, 1.54) is 6.42 Å². The summed E-state index contributed by atoms with van der Waals surface area (Å²) < 4.78 is 18.6. The van der Waals surface area contributed by atoms with E-state index in [-0.39, 0.29) is 5.91 Å². The number of fused-ring (bicyclic) bond motifs is 11. The molecular formula is C36H33N7O3. The quantitative estimate of drug-likeness (QED) is 0.255. The van der Waals surface area contributed by atoms with Gasteiger partial charge >= 0.3 is 0 Å². The van der Waals surface area contributed by atoms with Crippen LogP contribution in [0.15, 0.2) is 73.1 Å². The van der Waals surface area contributed by atoms with Gasteiger partial charge in [-0.2, -0.15) is 5.10 Å². The van der Waals surface area contributed by atoms with Gasteiger partial charge < -0.3 is 23.5 Å². The van der Waals surface area contributed by atoms with Crippen molar-refractivity contribution in [1.29, 1.82) is 0 Å². The predicted molar refractivity (Wildman–Crippen MR) is 172 cm³/mol. The molecule has 1 amide bonds. The van der Waals surface area contributed by atoms with Crippen LogP contribution in [0.2, 0.25) is 0 Å². The Morgan fingerprint density at radius 2 is 1.96 bits per heavy atom. The lowest BCUT2D eigenvalue weighted by molar-refractivity contribution is -0.0204. The average Bonchev–Trinajstić information content (AvgIpc) is 3.79. The Kier molecular flexibility index (Phi) is 5.50. The van der Waals surface area contributed by atoms with Crippen LogP contribution in [-0.4, -0.2) is 66.0 Å². The van der Waals surface area contributed by atoms with E-state index in [1.807, 2.05) is 65.6 Å². The van der Waals surface area contributed by atoms with E-state index in [4.69, 9.17) is 24.5 Å². The molecule has 2 saturated carbocycles. The van der Waals surface area contributed by atoms with Crippen LogP contribution in [0.25, 0.3) is 39.3 Å². The Labute approximate surface area is 265 Å². The van der Waals surface area contributed by atoms with E-state index < -0.39 is 0 Å². The minimum Gasteiger partial charge on any atom is -0.494 e. The van der Waals surface area contributed by atoms with Crippen molar-refractivity contribution >= 4 is 28.0 Å². The van der Waals surface area contributed by atoms with Gasteiger partial charge in [0, 0.05) is 42.5 Å². The molecule has 10 rings (SSSR count). The molecule has 0 spiro atoms. The average molecular weight is 612 g/mol. The van der Waals surface area contributed by atoms with Gasteiger partial charge in [-0.25, -0.2) is 14.6 Å². The smallest absolute Gasteiger partial charge is 0.254 e. The molecule has 230 valence electrons. The molecule has 2 aromatic carbocycles. The van der Waals surface area contributed by atoms with Gasteiger partial charge in [0.1, 0.15) is 28.4 Å². The second kappa shape index (κ2) is 9.69. The van der Waals surface area contributed by atoms with Crippen molar-refractivity contribution < 1.29 is 14.3 Å². The Hall–Kier alpha value is -5.12. The van der Waals surface area contributed by atoms with Crippen molar-refractivity contribution in [2.24, 2.45) is 17.8 Å². The van der Waals surface area contributed by atoms with Crippen molar-refractivity contribution in [3.63, 3.8) is 0 Å². The zero-order chi connectivity index (χ0) is 30.5. The molecule has 2 aliphatic carbocycles. The number of para-hydroxylation sites is 2. The van der Waals surface area contributed by atoms with E-state index in [1.54, 1.807) is 7.11 Å². The number of ether oxygens (including phenoxy) is 2. The minimum atomic E-state index is 0.0864. The van der Waals surface area contributed by atoms with Crippen LogP contribution in [0.4, 0.5) is 0 Å². The second-order valence-electron chi connectivity index (χ2n) is 13.2. The first kappa shape index (κ1) is 26.1. The molecule has 4 aromatic heterocycles. The Balaban J connectivity index is 1.16. The number of nitrogens with zero attached hydrogens (tertiary/aromatic N) is 7. The van der Waals surface area contributed by atoms with Crippen LogP contribution in [-0.2, 0) is 13.1 Å². The fourth-order valence-corrected chi connectivity index (χ4v) is 8.64. The van der Waals surface area contributed by atoms with Crippen LogP contribution in [0.3, 0.4) is 0 Å². The summed E-state index contributed by atoms with van der Waals surface area (Å²) in [5, 5.41) is 6.02. The number of aromatic nitrogens is 6. The molecule has 6 heterocycles. The maximum atomic E-state index is 14.0. The number of hydrogen-bond donors (Lipinski definition) is 0. The molecule has 10 nitrogen and oxygen atoms in total. The molecule has 46 heavy (non-hydrogen) atoms. The lowest BCUT2D eigenvalue weighted by atomic mass is 9.53. The van der Waals surface area contributed by atoms with E-state index in [2.05, 4.69) is 26.2 Å². The molecule has 0 radical (unpaired) electrons. The Morgan fingerprint density at radius 1 is 1.02 bits per heavy atom. The van der Waals surface area contributed by atoms with Gasteiger partial charge in [-0.05, 0) is 85.5 Å². The standard InChI is InChI=1S/C36H33N7O3/c1-45-31-18-23(36(44)41-19-24-14-22-17-28(41)32(22)24)15-26-33(31)42-20-25-9-12-43(39-25)27-7-2-3-8-30(27)46-13-5-11-40-29(35(42)38-26)16-21-6-4-10-37-34(21)40/h2-4,6-10,12,15-16,18,22,24,28,32H,5,11,13-14,17,19-20H2,1H3/t22?,24?,28?,32-/m1/s1. The first-order valence-corrected chi connectivity index (χ1v) is 16.3. The van der Waals surface area contributed by atoms with Crippen LogP contribution < -0.4 is 9.47 Å². The van der Waals surface area contributed by atoms with Gasteiger partial charge in [0.15, 0.2) is 5.82 Å². The largest absolute Gasteiger partial charge is 0.494 e. The number of hydrogen-bond acceptors (Lipinski definition) is 6. The molecule has 2 aliphatic heterocycles. The maximum absolute atomic E-state index is 14.0. The highest BCUT2D eigenvalue weighted by Gasteiger charge is 2.61. The zero-order valence-corrected chi connectivity index (χ0v) is 25.5. The van der Waals surface area contributed by atoms with Gasteiger partial charge in [-0.1, -0.05) is 12.1 Å². The molecule has 3 fully saturated rings. The highest BCUT2D eigenvalue weighted by molar-refractivity contribution is 6.00. The number of rotatable bonds is 2. The molecule has 2 bridgehead atoms. The van der Waals surface area contributed by atoms with Crippen LogP contribution in [0.5, 0.6) is 11.5 Å². The summed E-state index contributed by atoms with van der Waals surface area (Å²) in [7, 11) is 1.67. The Bertz CT molecular complexity index is 2190.